The number of H-pyrrole nitrogens is 1. The van der Waals surface area contributed by atoms with E-state index in [0.717, 1.165) is 0 Å². The van der Waals surface area contributed by atoms with Gasteiger partial charge in [0.15, 0.2) is 0 Å². The van der Waals surface area contributed by atoms with E-state index >= 15 is 0 Å². The van der Waals surface area contributed by atoms with E-state index in [9.17, 15) is 14.4 Å². The first-order chi connectivity index (χ1) is 15.4. The number of nitrogens with zero attached hydrogens (tertiary/aromatic N) is 5. The van der Waals surface area contributed by atoms with Gasteiger partial charge in [-0.1, -0.05) is 0 Å². The first-order valence-electron chi connectivity index (χ1n) is 11.6. The summed E-state index contributed by atoms with van der Waals surface area (Å²) in [7, 11) is 0. The lowest BCUT2D eigenvalue weighted by atomic mass is 10.1. The number of piperazine rings is 1. The second-order valence-electron chi connectivity index (χ2n) is 8.28. The van der Waals surface area contributed by atoms with Crippen LogP contribution >= 0.6 is 0 Å². The average molecular weight is 449 g/mol. The van der Waals surface area contributed by atoms with Crippen LogP contribution in [0, 0.1) is 6.92 Å². The van der Waals surface area contributed by atoms with Crippen LogP contribution in [0.5, 0.6) is 0 Å². The predicted octanol–water partition coefficient (Wildman–Crippen LogP) is -0.140. The Labute approximate surface area is 189 Å². The quantitative estimate of drug-likeness (QED) is 0.591. The molecular weight excluding hydrogens is 412 g/mol. The molecule has 3 heterocycles. The van der Waals surface area contributed by atoms with E-state index < -0.39 is 0 Å². The van der Waals surface area contributed by atoms with Crippen molar-refractivity contribution in [3.8, 4) is 0 Å². The van der Waals surface area contributed by atoms with Gasteiger partial charge in [-0.05, 0) is 27.2 Å². The van der Waals surface area contributed by atoms with Gasteiger partial charge < -0.3 is 19.4 Å². The van der Waals surface area contributed by atoms with Crippen LogP contribution in [0.15, 0.2) is 4.79 Å². The number of aromatic amines is 1. The molecule has 2 aliphatic rings. The van der Waals surface area contributed by atoms with Crippen LogP contribution in [0.2, 0.25) is 0 Å². The molecule has 0 spiro atoms. The lowest BCUT2D eigenvalue weighted by Crippen LogP contribution is -2.51. The van der Waals surface area contributed by atoms with Crippen LogP contribution in [0.25, 0.3) is 0 Å². The van der Waals surface area contributed by atoms with Gasteiger partial charge in [0.2, 0.25) is 17.8 Å². The molecule has 1 aromatic rings. The molecule has 178 valence electrons. The van der Waals surface area contributed by atoms with Gasteiger partial charge in [0.05, 0.1) is 19.8 Å². The third-order valence-corrected chi connectivity index (χ3v) is 6.31. The number of carbonyl (C=O) groups excluding carboxylic acids is 2. The predicted molar refractivity (Wildman–Crippen MR) is 122 cm³/mol. The molecule has 0 bridgehead atoms. The molecule has 0 unspecified atom stereocenters. The highest BCUT2D eigenvalue weighted by Crippen LogP contribution is 2.12. The SMILES string of the molecule is CCN(CC)C(=O)CN1CCN(C(=O)CCc2c(C)nc(N3CCOCC3)[nH]c2=O)CC1. The Morgan fingerprint density at radius 3 is 2.31 bits per heavy atom. The van der Waals surface area contributed by atoms with E-state index in [4.69, 9.17) is 4.74 Å². The number of anilines is 1. The molecule has 2 fully saturated rings. The fraction of sp³-hybridized carbons (Fsp3) is 0.727. The Hall–Kier alpha value is -2.46. The molecule has 2 saturated heterocycles. The fourth-order valence-electron chi connectivity index (χ4n) is 4.23. The van der Waals surface area contributed by atoms with Crippen molar-refractivity contribution in [1.29, 1.82) is 0 Å². The van der Waals surface area contributed by atoms with Gasteiger partial charge in [-0.15, -0.1) is 0 Å². The Kier molecular flexibility index (Phi) is 8.63. The molecule has 0 saturated carbocycles. The van der Waals surface area contributed by atoms with Gasteiger partial charge in [0.1, 0.15) is 0 Å². The molecule has 10 nitrogen and oxygen atoms in total. The third kappa shape index (κ3) is 6.07. The topological polar surface area (TPSA) is 102 Å². The van der Waals surface area contributed by atoms with E-state index in [1.807, 2.05) is 35.5 Å². The second-order valence-corrected chi connectivity index (χ2v) is 8.28. The minimum Gasteiger partial charge on any atom is -0.378 e. The highest BCUT2D eigenvalue weighted by atomic mass is 16.5. The van der Waals surface area contributed by atoms with Gasteiger partial charge in [-0.3, -0.25) is 24.3 Å². The number of ether oxygens (including phenoxy) is 1. The summed E-state index contributed by atoms with van der Waals surface area (Å²) in [4.78, 5) is 52.8. The summed E-state index contributed by atoms with van der Waals surface area (Å²) in [6.45, 7) is 12.9. The average Bonchev–Trinajstić information content (AvgIpc) is 2.80. The van der Waals surface area contributed by atoms with Crippen molar-refractivity contribution in [3.05, 3.63) is 21.6 Å². The maximum Gasteiger partial charge on any atom is 0.255 e. The van der Waals surface area contributed by atoms with Gasteiger partial charge in [-0.25, -0.2) is 4.98 Å². The van der Waals surface area contributed by atoms with E-state index in [1.165, 1.54) is 0 Å². The molecule has 10 heteroatoms. The maximum atomic E-state index is 12.7. The third-order valence-electron chi connectivity index (χ3n) is 6.31. The number of aromatic nitrogens is 2. The van der Waals surface area contributed by atoms with Crippen molar-refractivity contribution in [1.82, 2.24) is 24.7 Å². The summed E-state index contributed by atoms with van der Waals surface area (Å²) in [5, 5.41) is 0. The number of aryl methyl sites for hydroxylation is 1. The molecule has 2 aliphatic heterocycles. The smallest absolute Gasteiger partial charge is 0.255 e. The van der Waals surface area contributed by atoms with Gasteiger partial charge in [-0.2, -0.15) is 0 Å². The summed E-state index contributed by atoms with van der Waals surface area (Å²) in [6, 6.07) is 0. The minimum atomic E-state index is -0.175. The van der Waals surface area contributed by atoms with Crippen LogP contribution in [0.1, 0.15) is 31.5 Å². The molecule has 0 aliphatic carbocycles. The molecule has 3 rings (SSSR count). The first-order valence-corrected chi connectivity index (χ1v) is 11.6. The number of amides is 2. The van der Waals surface area contributed by atoms with Crippen molar-refractivity contribution in [2.75, 3.05) is 77.0 Å². The highest BCUT2D eigenvalue weighted by Gasteiger charge is 2.24. The molecule has 1 aromatic heterocycles. The Bertz CT molecular complexity index is 839. The zero-order valence-electron chi connectivity index (χ0n) is 19.6. The van der Waals surface area contributed by atoms with Gasteiger partial charge in [0.25, 0.3) is 5.56 Å². The normalized spacial score (nSPS) is 17.5. The van der Waals surface area contributed by atoms with Crippen LogP contribution in [-0.4, -0.2) is 109 Å². The van der Waals surface area contributed by atoms with Crippen LogP contribution in [0.4, 0.5) is 5.95 Å². The lowest BCUT2D eigenvalue weighted by molar-refractivity contribution is -0.135. The van der Waals surface area contributed by atoms with E-state index in [0.29, 0.717) is 95.7 Å². The minimum absolute atomic E-state index is 0.0378. The monoisotopic (exact) mass is 448 g/mol. The number of carbonyl (C=O) groups is 2. The standard InChI is InChI=1S/C22H36N6O4/c1-4-26(5-2)20(30)16-25-8-10-27(11-9-25)19(29)7-6-18-17(3)23-22(24-21(18)31)28-12-14-32-15-13-28/h4-16H2,1-3H3,(H,23,24,31). The van der Waals surface area contributed by atoms with E-state index in [-0.39, 0.29) is 23.8 Å². The van der Waals surface area contributed by atoms with Crippen LogP contribution in [-0.2, 0) is 20.7 Å². The molecule has 1 N–H and O–H groups in total. The number of hydrogen-bond acceptors (Lipinski definition) is 7. The van der Waals surface area contributed by atoms with Crippen molar-refractivity contribution < 1.29 is 14.3 Å². The van der Waals surface area contributed by atoms with Crippen molar-refractivity contribution >= 4 is 17.8 Å². The molecule has 0 aromatic carbocycles. The zero-order valence-corrected chi connectivity index (χ0v) is 19.6. The Morgan fingerprint density at radius 1 is 1.06 bits per heavy atom. The molecule has 0 atom stereocenters. The summed E-state index contributed by atoms with van der Waals surface area (Å²) in [5.74, 6) is 0.745. The molecular formula is C22H36N6O4. The van der Waals surface area contributed by atoms with Crippen molar-refractivity contribution in [3.63, 3.8) is 0 Å². The highest BCUT2D eigenvalue weighted by molar-refractivity contribution is 5.78. The van der Waals surface area contributed by atoms with Crippen molar-refractivity contribution in [2.24, 2.45) is 0 Å². The summed E-state index contributed by atoms with van der Waals surface area (Å²) in [5.41, 5.74) is 1.06. The number of likely N-dealkylation sites (N-methyl/N-ethyl adjacent to an activating group) is 1. The van der Waals surface area contributed by atoms with Gasteiger partial charge in [0, 0.05) is 70.0 Å². The van der Waals surface area contributed by atoms with Crippen molar-refractivity contribution in [2.45, 2.75) is 33.6 Å². The van der Waals surface area contributed by atoms with Gasteiger partial charge >= 0.3 is 0 Å². The number of hydrogen-bond donors (Lipinski definition) is 1. The fourth-order valence-corrected chi connectivity index (χ4v) is 4.23. The zero-order chi connectivity index (χ0) is 23.1. The first kappa shape index (κ1) is 24.2. The molecule has 2 amide bonds. The van der Waals surface area contributed by atoms with Crippen LogP contribution < -0.4 is 10.5 Å². The summed E-state index contributed by atoms with van der Waals surface area (Å²) >= 11 is 0. The Balaban J connectivity index is 1.49. The maximum absolute atomic E-state index is 12.7. The van der Waals surface area contributed by atoms with Crippen LogP contribution in [0.3, 0.4) is 0 Å². The lowest BCUT2D eigenvalue weighted by Gasteiger charge is -2.35. The number of morpholine rings is 1. The van der Waals surface area contributed by atoms with E-state index in [2.05, 4.69) is 14.9 Å². The number of rotatable bonds is 8. The number of nitrogens with one attached hydrogen (secondary N) is 1. The summed E-state index contributed by atoms with van der Waals surface area (Å²) in [6.07, 6.45) is 0.651. The Morgan fingerprint density at radius 2 is 1.72 bits per heavy atom. The molecule has 0 radical (unpaired) electrons. The molecule has 32 heavy (non-hydrogen) atoms. The second kappa shape index (κ2) is 11.4. The largest absolute Gasteiger partial charge is 0.378 e. The summed E-state index contributed by atoms with van der Waals surface area (Å²) < 4.78 is 5.35. The van der Waals surface area contributed by atoms with E-state index in [1.54, 1.807) is 0 Å².